The third-order valence-corrected chi connectivity index (χ3v) is 11.3. The fraction of sp³-hybridized carbons (Fsp3) is 0.200. The number of terminal acetylenes is 1. The molecule has 0 saturated heterocycles. The minimum absolute atomic E-state index is 0.729. The van der Waals surface area contributed by atoms with Crippen LogP contribution in [0.25, 0.3) is 33.4 Å². The van der Waals surface area contributed by atoms with Gasteiger partial charge in [-0.3, -0.25) is 0 Å². The second-order valence-electron chi connectivity index (χ2n) is 15.2. The van der Waals surface area contributed by atoms with E-state index in [1.54, 1.807) is 12.7 Å². The van der Waals surface area contributed by atoms with Gasteiger partial charge in [0, 0.05) is 56.7 Å². The molecule has 304 valence electrons. The third kappa shape index (κ3) is 10.3. The number of halogens is 1. The van der Waals surface area contributed by atoms with E-state index in [0.29, 0.717) is 0 Å². The normalized spacial score (nSPS) is 14.7. The molecule has 4 N–H and O–H groups in total. The molecule has 0 atom stereocenters. The molecule has 0 aliphatic heterocycles. The quantitative estimate of drug-likeness (QED) is 0.122. The molecule has 11 heteroatoms. The lowest BCUT2D eigenvalue weighted by molar-refractivity contribution is 0.109. The highest BCUT2D eigenvalue weighted by Crippen LogP contribution is 2.30. The molecule has 0 unspecified atom stereocenters. The standard InChI is InChI=1S/C25H22N4O.C18H13BrN4.C7H10O/c30-25(12-4-5-13-25)14-10-19-8-9-20-11-15-29(22(20)16-19)24-17-23(26-18-27-24)28-21-6-2-1-3-7-21;19-14-7-6-13-8-9-23(16(13)10-14)18-11-17(20-12-21-18)22-15-4-2-1-3-5-15;1-2-7(8)5-3-4-6-7/h1-3,6-9,11,15-18,30H,4-5,12-13H2,(H,26,27,28);1-12H,(H,20,21,22);1,8H,3-6H2. The first-order valence-electron chi connectivity index (χ1n) is 20.4. The molecule has 2 aliphatic rings. The van der Waals surface area contributed by atoms with Gasteiger partial charge in [-0.05, 0) is 112 Å². The number of hydrogen-bond acceptors (Lipinski definition) is 8. The molecule has 0 spiro atoms. The summed E-state index contributed by atoms with van der Waals surface area (Å²) in [7, 11) is 0. The van der Waals surface area contributed by atoms with Crippen molar-refractivity contribution in [2.24, 2.45) is 0 Å². The molecule has 0 amide bonds. The average Bonchev–Trinajstić information content (AvgIpc) is 4.12. The van der Waals surface area contributed by atoms with E-state index in [4.69, 9.17) is 6.42 Å². The largest absolute Gasteiger partial charge is 0.378 e. The van der Waals surface area contributed by atoms with Crippen LogP contribution in [0.15, 0.2) is 151 Å². The van der Waals surface area contributed by atoms with E-state index in [1.807, 2.05) is 108 Å². The first kappa shape index (κ1) is 41.0. The summed E-state index contributed by atoms with van der Waals surface area (Å²) in [5.41, 5.74) is 3.41. The molecular formula is C50H45BrN8O2. The number of fused-ring (bicyclic) bond motifs is 2. The van der Waals surface area contributed by atoms with Crippen LogP contribution in [0, 0.1) is 24.2 Å². The summed E-state index contributed by atoms with van der Waals surface area (Å²) in [4.78, 5) is 17.5. The number of aliphatic hydroxyl groups is 2. The highest BCUT2D eigenvalue weighted by molar-refractivity contribution is 9.10. The molecule has 61 heavy (non-hydrogen) atoms. The summed E-state index contributed by atoms with van der Waals surface area (Å²) in [5, 5.41) is 28.6. The maximum absolute atomic E-state index is 10.5. The minimum Gasteiger partial charge on any atom is -0.378 e. The average molecular weight is 870 g/mol. The maximum atomic E-state index is 10.5. The second-order valence-corrected chi connectivity index (χ2v) is 16.1. The molecule has 4 aromatic carbocycles. The van der Waals surface area contributed by atoms with E-state index < -0.39 is 11.2 Å². The predicted molar refractivity (Wildman–Crippen MR) is 247 cm³/mol. The number of rotatable bonds is 6. The second kappa shape index (κ2) is 18.7. The van der Waals surface area contributed by atoms with Gasteiger partial charge in [0.25, 0.3) is 0 Å². The lowest BCUT2D eigenvalue weighted by atomic mass is 10.0. The highest BCUT2D eigenvalue weighted by atomic mass is 79.9. The summed E-state index contributed by atoms with van der Waals surface area (Å²) in [5.74, 6) is 11.7. The van der Waals surface area contributed by atoms with Crippen LogP contribution in [0.5, 0.6) is 0 Å². The zero-order valence-corrected chi connectivity index (χ0v) is 35.1. The van der Waals surface area contributed by atoms with Crippen LogP contribution < -0.4 is 10.6 Å². The molecular weight excluding hydrogens is 825 g/mol. The van der Waals surface area contributed by atoms with Gasteiger partial charge in [-0.2, -0.15) is 0 Å². The molecule has 10 nitrogen and oxygen atoms in total. The van der Waals surface area contributed by atoms with Crippen LogP contribution in [0.2, 0.25) is 0 Å². The van der Waals surface area contributed by atoms with Crippen molar-refractivity contribution < 1.29 is 10.2 Å². The monoisotopic (exact) mass is 868 g/mol. The summed E-state index contributed by atoms with van der Waals surface area (Å²) in [6, 6.07) is 40.2. The topological polar surface area (TPSA) is 126 Å². The number of benzene rings is 4. The summed E-state index contributed by atoms with van der Waals surface area (Å²) >= 11 is 3.52. The first-order valence-corrected chi connectivity index (χ1v) is 21.2. The van der Waals surface area contributed by atoms with Gasteiger partial charge in [0.05, 0.1) is 11.0 Å². The third-order valence-electron chi connectivity index (χ3n) is 10.8. The Morgan fingerprint density at radius 1 is 0.574 bits per heavy atom. The number of hydrogen-bond donors (Lipinski definition) is 4. The summed E-state index contributed by atoms with van der Waals surface area (Å²) in [6.45, 7) is 0. The lowest BCUT2D eigenvalue weighted by Gasteiger charge is -2.12. The van der Waals surface area contributed by atoms with E-state index in [1.165, 1.54) is 5.39 Å². The fourth-order valence-corrected chi connectivity index (χ4v) is 7.87. The van der Waals surface area contributed by atoms with Crippen LogP contribution >= 0.6 is 15.9 Å². The predicted octanol–water partition coefficient (Wildman–Crippen LogP) is 10.7. The number of nitrogens with zero attached hydrogens (tertiary/aromatic N) is 6. The van der Waals surface area contributed by atoms with Gasteiger partial charge in [-0.25, -0.2) is 19.9 Å². The van der Waals surface area contributed by atoms with Gasteiger partial charge < -0.3 is 30.0 Å². The van der Waals surface area contributed by atoms with Crippen LogP contribution in [-0.4, -0.2) is 50.5 Å². The van der Waals surface area contributed by atoms with Crippen LogP contribution in [0.1, 0.15) is 56.9 Å². The van der Waals surface area contributed by atoms with Gasteiger partial charge in [0.1, 0.15) is 47.1 Å². The van der Waals surface area contributed by atoms with Crippen molar-refractivity contribution in [3.05, 3.63) is 156 Å². The van der Waals surface area contributed by atoms with E-state index >= 15 is 0 Å². The molecule has 2 saturated carbocycles. The molecule has 2 aliphatic carbocycles. The minimum atomic E-state index is -0.832. The Bertz CT molecular complexity index is 2840. The lowest BCUT2D eigenvalue weighted by Crippen LogP contribution is -2.20. The Morgan fingerprint density at radius 2 is 1.07 bits per heavy atom. The van der Waals surface area contributed by atoms with Crippen molar-refractivity contribution in [1.82, 2.24) is 29.1 Å². The highest BCUT2D eigenvalue weighted by Gasteiger charge is 2.29. The molecule has 10 rings (SSSR count). The first-order chi connectivity index (χ1) is 29.7. The van der Waals surface area contributed by atoms with E-state index in [0.717, 1.165) is 112 Å². The van der Waals surface area contributed by atoms with Crippen molar-refractivity contribution in [2.45, 2.75) is 62.6 Å². The summed E-state index contributed by atoms with van der Waals surface area (Å²) < 4.78 is 5.13. The molecule has 4 aromatic heterocycles. The SMILES string of the molecule is Brc1ccc2ccn(-c3cc(Nc4ccccc4)ncn3)c2c1.C#CC1(O)CCCC1.OC1(C#Cc2ccc3ccn(-c4cc(Nc5ccccc5)ncn4)c3c2)CCCC1. The smallest absolute Gasteiger partial charge is 0.142 e. The number of para-hydroxylation sites is 2. The molecule has 4 heterocycles. The Balaban J connectivity index is 0.000000146. The zero-order chi connectivity index (χ0) is 42.1. The van der Waals surface area contributed by atoms with Crippen LogP contribution in [0.3, 0.4) is 0 Å². The van der Waals surface area contributed by atoms with Crippen molar-refractivity contribution in [2.75, 3.05) is 10.6 Å². The van der Waals surface area contributed by atoms with E-state index in [9.17, 15) is 10.2 Å². The van der Waals surface area contributed by atoms with Gasteiger partial charge >= 0.3 is 0 Å². The van der Waals surface area contributed by atoms with Gasteiger partial charge in [-0.15, -0.1) is 6.42 Å². The Labute approximate surface area is 363 Å². The Hall–Kier alpha value is -6.76. The van der Waals surface area contributed by atoms with E-state index in [-0.39, 0.29) is 0 Å². The van der Waals surface area contributed by atoms with Crippen molar-refractivity contribution in [1.29, 1.82) is 0 Å². The zero-order valence-electron chi connectivity index (χ0n) is 33.5. The van der Waals surface area contributed by atoms with Crippen molar-refractivity contribution >= 4 is 60.7 Å². The molecule has 8 aromatic rings. The molecule has 0 bridgehead atoms. The number of anilines is 4. The number of nitrogens with one attached hydrogen (secondary N) is 2. The Morgan fingerprint density at radius 3 is 1.57 bits per heavy atom. The van der Waals surface area contributed by atoms with Gasteiger partial charge in [-0.1, -0.05) is 82.2 Å². The molecule has 2 fully saturated rings. The van der Waals surface area contributed by atoms with Crippen LogP contribution in [-0.2, 0) is 0 Å². The van der Waals surface area contributed by atoms with Crippen molar-refractivity contribution in [3.8, 4) is 35.8 Å². The van der Waals surface area contributed by atoms with Crippen molar-refractivity contribution in [3.63, 3.8) is 0 Å². The summed E-state index contributed by atoms with van der Waals surface area (Å²) in [6.07, 6.45) is 19.6. The van der Waals surface area contributed by atoms with E-state index in [2.05, 4.69) is 99.2 Å². The maximum Gasteiger partial charge on any atom is 0.142 e. The number of aromatic nitrogens is 6. The van der Waals surface area contributed by atoms with Gasteiger partial charge in [0.15, 0.2) is 0 Å². The van der Waals surface area contributed by atoms with Gasteiger partial charge in [0.2, 0.25) is 0 Å². The molecule has 0 radical (unpaired) electrons. The fourth-order valence-electron chi connectivity index (χ4n) is 7.52. The van der Waals surface area contributed by atoms with Crippen LogP contribution in [0.4, 0.5) is 23.0 Å². The Kier molecular flexibility index (Phi) is 12.5.